The quantitative estimate of drug-likeness (QED) is 0.404. The topological polar surface area (TPSA) is 139 Å². The van der Waals surface area contributed by atoms with Crippen LogP contribution in [0.1, 0.15) is 19.8 Å². The van der Waals surface area contributed by atoms with Gasteiger partial charge in [0.15, 0.2) is 5.65 Å². The highest BCUT2D eigenvalue weighted by Crippen LogP contribution is 2.23. The predicted octanol–water partition coefficient (Wildman–Crippen LogP) is -0.270. The fourth-order valence-corrected chi connectivity index (χ4v) is 1.92. The summed E-state index contributed by atoms with van der Waals surface area (Å²) < 4.78 is 0. The zero-order valence-corrected chi connectivity index (χ0v) is 11.3. The number of carbonyl (C=O) groups is 1. The first-order valence-electron chi connectivity index (χ1n) is 6.36. The molecule has 0 aromatic carbocycles. The first kappa shape index (κ1) is 14.0. The molecule has 0 aliphatic rings. The number of nitrogens with one attached hydrogen (secondary N) is 2. The molecule has 9 nitrogen and oxygen atoms in total. The molecule has 0 bridgehead atoms. The number of carbonyl (C=O) groups excluding carboxylic acids is 1. The van der Waals surface area contributed by atoms with Crippen molar-refractivity contribution in [3.63, 3.8) is 0 Å². The van der Waals surface area contributed by atoms with Crippen molar-refractivity contribution in [1.29, 1.82) is 0 Å². The molecule has 2 rings (SSSR count). The second kappa shape index (κ2) is 6.15. The van der Waals surface area contributed by atoms with Gasteiger partial charge in [-0.1, -0.05) is 13.3 Å². The molecule has 6 N–H and O–H groups in total. The van der Waals surface area contributed by atoms with E-state index < -0.39 is 5.91 Å². The molecule has 0 spiro atoms. The largest absolute Gasteiger partial charge is 0.368 e. The van der Waals surface area contributed by atoms with Gasteiger partial charge in [0.25, 0.3) is 0 Å². The van der Waals surface area contributed by atoms with Crippen LogP contribution >= 0.6 is 0 Å². The maximum absolute atomic E-state index is 11.2. The van der Waals surface area contributed by atoms with Crippen molar-refractivity contribution in [3.8, 4) is 0 Å². The van der Waals surface area contributed by atoms with Crippen molar-refractivity contribution >= 4 is 28.7 Å². The summed E-state index contributed by atoms with van der Waals surface area (Å²) in [6.07, 6.45) is 3.53. The fourth-order valence-electron chi connectivity index (χ4n) is 1.92. The Labute approximate surface area is 115 Å². The molecule has 0 unspecified atom stereocenters. The highest BCUT2D eigenvalue weighted by molar-refractivity contribution is 5.90. The molecule has 2 aromatic rings. The zero-order valence-electron chi connectivity index (χ0n) is 11.3. The van der Waals surface area contributed by atoms with Crippen LogP contribution in [0.5, 0.6) is 0 Å². The maximum Gasteiger partial charge on any atom is 0.241 e. The minimum atomic E-state index is -0.418. The van der Waals surface area contributed by atoms with Crippen molar-refractivity contribution in [1.82, 2.24) is 20.2 Å². The molecule has 0 fully saturated rings. The van der Waals surface area contributed by atoms with E-state index in [4.69, 9.17) is 11.6 Å². The number of nitrogens with zero attached hydrogens (tertiary/aromatic N) is 4. The number of aromatic amines is 1. The standard InChI is InChI=1S/C11H18N8O/c1-2-3-4-19(6-8(12)20)10-7-5-14-18-9(7)15-11(16-10)17-13/h5H,2-4,6,13H2,1H3,(H2,12,20)(H2,14,15,16,17,18). The van der Waals surface area contributed by atoms with Gasteiger partial charge in [-0.3, -0.25) is 15.3 Å². The van der Waals surface area contributed by atoms with Crippen LogP contribution in [-0.2, 0) is 4.79 Å². The Kier molecular flexibility index (Phi) is 4.31. The maximum atomic E-state index is 11.2. The Morgan fingerprint density at radius 3 is 2.95 bits per heavy atom. The highest BCUT2D eigenvalue weighted by atomic mass is 16.1. The Morgan fingerprint density at radius 1 is 1.50 bits per heavy atom. The second-order valence-corrected chi connectivity index (χ2v) is 4.39. The van der Waals surface area contributed by atoms with Crippen LogP contribution < -0.4 is 21.9 Å². The monoisotopic (exact) mass is 278 g/mol. The highest BCUT2D eigenvalue weighted by Gasteiger charge is 2.17. The minimum absolute atomic E-state index is 0.0846. The summed E-state index contributed by atoms with van der Waals surface area (Å²) in [5.41, 5.74) is 8.26. The molecule has 1 amide bonds. The van der Waals surface area contributed by atoms with Crippen LogP contribution in [0, 0.1) is 0 Å². The van der Waals surface area contributed by atoms with Crippen molar-refractivity contribution in [2.45, 2.75) is 19.8 Å². The molecule has 2 aromatic heterocycles. The van der Waals surface area contributed by atoms with Gasteiger partial charge in [-0.15, -0.1) is 0 Å². The van der Waals surface area contributed by atoms with Gasteiger partial charge < -0.3 is 10.6 Å². The second-order valence-electron chi connectivity index (χ2n) is 4.39. The number of hydrazine groups is 1. The summed E-state index contributed by atoms with van der Waals surface area (Å²) in [7, 11) is 0. The van der Waals surface area contributed by atoms with Gasteiger partial charge in [-0.05, 0) is 6.42 Å². The van der Waals surface area contributed by atoms with Gasteiger partial charge in [0.2, 0.25) is 11.9 Å². The number of hydrogen-bond acceptors (Lipinski definition) is 7. The van der Waals surface area contributed by atoms with E-state index in [0.29, 0.717) is 18.0 Å². The van der Waals surface area contributed by atoms with E-state index in [9.17, 15) is 4.79 Å². The van der Waals surface area contributed by atoms with E-state index >= 15 is 0 Å². The van der Waals surface area contributed by atoms with Crippen molar-refractivity contribution in [2.24, 2.45) is 11.6 Å². The molecule has 0 radical (unpaired) electrons. The Morgan fingerprint density at radius 2 is 2.30 bits per heavy atom. The van der Waals surface area contributed by atoms with Crippen molar-refractivity contribution in [2.75, 3.05) is 23.4 Å². The van der Waals surface area contributed by atoms with E-state index in [1.165, 1.54) is 0 Å². The molecular weight excluding hydrogens is 260 g/mol. The number of nitrogen functional groups attached to an aromatic ring is 1. The lowest BCUT2D eigenvalue weighted by Gasteiger charge is -2.22. The number of hydrogen-bond donors (Lipinski definition) is 4. The summed E-state index contributed by atoms with van der Waals surface area (Å²) >= 11 is 0. The van der Waals surface area contributed by atoms with E-state index in [1.807, 2.05) is 4.90 Å². The number of rotatable bonds is 7. The van der Waals surface area contributed by atoms with Gasteiger partial charge in [0.1, 0.15) is 5.82 Å². The van der Waals surface area contributed by atoms with E-state index in [1.54, 1.807) is 6.20 Å². The fraction of sp³-hybridized carbons (Fsp3) is 0.455. The lowest BCUT2D eigenvalue weighted by atomic mass is 10.3. The molecular formula is C11H18N8O. The number of nitrogens with two attached hydrogens (primary N) is 2. The zero-order chi connectivity index (χ0) is 14.5. The summed E-state index contributed by atoms with van der Waals surface area (Å²) in [5, 5.41) is 7.42. The van der Waals surface area contributed by atoms with Crippen LogP contribution in [-0.4, -0.2) is 39.2 Å². The summed E-state index contributed by atoms with van der Waals surface area (Å²) in [6.45, 7) is 2.82. The van der Waals surface area contributed by atoms with Crippen LogP contribution in [0.25, 0.3) is 11.0 Å². The number of primary amides is 1. The summed E-state index contributed by atoms with van der Waals surface area (Å²) in [4.78, 5) is 21.5. The molecule has 9 heteroatoms. The first-order chi connectivity index (χ1) is 9.65. The molecule has 20 heavy (non-hydrogen) atoms. The number of fused-ring (bicyclic) bond motifs is 1. The molecule has 108 valence electrons. The number of aromatic nitrogens is 4. The lowest BCUT2D eigenvalue weighted by Crippen LogP contribution is -2.35. The van der Waals surface area contributed by atoms with Crippen molar-refractivity contribution in [3.05, 3.63) is 6.20 Å². The molecule has 0 atom stereocenters. The van der Waals surface area contributed by atoms with Crippen LogP contribution in [0.2, 0.25) is 0 Å². The molecule has 0 saturated heterocycles. The number of H-pyrrole nitrogens is 1. The first-order valence-corrected chi connectivity index (χ1v) is 6.36. The third-order valence-electron chi connectivity index (χ3n) is 2.85. The average molecular weight is 278 g/mol. The van der Waals surface area contributed by atoms with Crippen LogP contribution in [0.3, 0.4) is 0 Å². The molecule has 2 heterocycles. The SMILES string of the molecule is CCCCN(CC(N)=O)c1nc(NN)nc2[nH]ncc12. The summed E-state index contributed by atoms with van der Waals surface area (Å²) in [6, 6.07) is 0. The molecule has 0 aliphatic heterocycles. The van der Waals surface area contributed by atoms with Gasteiger partial charge in [-0.25, -0.2) is 5.84 Å². The predicted molar refractivity (Wildman–Crippen MR) is 75.8 cm³/mol. The van der Waals surface area contributed by atoms with Gasteiger partial charge >= 0.3 is 0 Å². The number of unbranched alkanes of at least 4 members (excludes halogenated alkanes) is 1. The van der Waals surface area contributed by atoms with Crippen LogP contribution in [0.4, 0.5) is 11.8 Å². The van der Waals surface area contributed by atoms with Crippen LogP contribution in [0.15, 0.2) is 6.20 Å². The third-order valence-corrected chi connectivity index (χ3v) is 2.85. The normalized spacial score (nSPS) is 10.7. The summed E-state index contributed by atoms with van der Waals surface area (Å²) in [5.74, 6) is 5.78. The van der Waals surface area contributed by atoms with E-state index in [-0.39, 0.29) is 12.5 Å². The van der Waals surface area contributed by atoms with E-state index in [0.717, 1.165) is 18.2 Å². The third kappa shape index (κ3) is 2.94. The minimum Gasteiger partial charge on any atom is -0.368 e. The van der Waals surface area contributed by atoms with Gasteiger partial charge in [-0.2, -0.15) is 15.1 Å². The van der Waals surface area contributed by atoms with E-state index in [2.05, 4.69) is 32.5 Å². The lowest BCUT2D eigenvalue weighted by molar-refractivity contribution is -0.116. The average Bonchev–Trinajstić information content (AvgIpc) is 2.90. The smallest absolute Gasteiger partial charge is 0.241 e. The Balaban J connectivity index is 2.44. The Hall–Kier alpha value is -2.42. The van der Waals surface area contributed by atoms with Gasteiger partial charge in [0.05, 0.1) is 18.1 Å². The van der Waals surface area contributed by atoms with Crippen molar-refractivity contribution < 1.29 is 4.79 Å². The molecule has 0 aliphatic carbocycles. The molecule has 0 saturated carbocycles. The Bertz CT molecular complexity index is 595. The number of amides is 1. The van der Waals surface area contributed by atoms with Gasteiger partial charge in [0, 0.05) is 6.54 Å². The number of anilines is 2.